The van der Waals surface area contributed by atoms with Crippen molar-refractivity contribution in [2.45, 2.75) is 67.1 Å². The Kier molecular flexibility index (Phi) is 20.0. The van der Waals surface area contributed by atoms with Crippen molar-refractivity contribution in [2.75, 3.05) is 12.0 Å². The number of hydrogen-bond acceptors (Lipinski definition) is 6. The largest absolute Gasteiger partial charge is 0.412 e. The van der Waals surface area contributed by atoms with Crippen LogP contribution in [-0.4, -0.2) is 37.2 Å². The molecule has 0 fully saturated rings. The van der Waals surface area contributed by atoms with Gasteiger partial charge in [-0.15, -0.1) is 0 Å². The molecule has 0 saturated heterocycles. The number of amides is 1. The van der Waals surface area contributed by atoms with E-state index in [0.29, 0.717) is 31.4 Å². The third kappa shape index (κ3) is 12.1. The summed E-state index contributed by atoms with van der Waals surface area (Å²) >= 11 is 0. The van der Waals surface area contributed by atoms with Crippen molar-refractivity contribution in [3.63, 3.8) is 0 Å². The normalized spacial score (nSPS) is 13.6. The molecule has 3 aromatic carbocycles. The lowest BCUT2D eigenvalue weighted by atomic mass is 9.97. The molecule has 240 valence electrons. The van der Waals surface area contributed by atoms with Crippen LogP contribution in [0.2, 0.25) is 0 Å². The van der Waals surface area contributed by atoms with Crippen LogP contribution in [0.5, 0.6) is 0 Å². The Hall–Kier alpha value is -4.37. The van der Waals surface area contributed by atoms with E-state index in [1.54, 1.807) is 0 Å². The summed E-state index contributed by atoms with van der Waals surface area (Å²) in [4.78, 5) is 31.3. The Morgan fingerprint density at radius 3 is 2.23 bits per heavy atom. The second kappa shape index (κ2) is 22.2. The van der Waals surface area contributed by atoms with Crippen LogP contribution in [0.1, 0.15) is 79.9 Å². The van der Waals surface area contributed by atoms with Crippen LogP contribution in [0, 0.1) is 6.92 Å². The van der Waals surface area contributed by atoms with Gasteiger partial charge in [0.15, 0.2) is 0 Å². The van der Waals surface area contributed by atoms with Crippen LogP contribution >= 0.6 is 0 Å². The van der Waals surface area contributed by atoms with Crippen LogP contribution in [0.15, 0.2) is 84.5 Å². The Labute approximate surface area is 264 Å². The van der Waals surface area contributed by atoms with Crippen LogP contribution in [-0.2, 0) is 17.9 Å². The monoisotopic (exact) mass is 604 g/mol. The summed E-state index contributed by atoms with van der Waals surface area (Å²) in [6.07, 6.45) is 8.47. The van der Waals surface area contributed by atoms with Crippen molar-refractivity contribution in [1.29, 1.82) is 0 Å². The number of rotatable bonds is 7. The van der Waals surface area contributed by atoms with Gasteiger partial charge in [0.05, 0.1) is 0 Å². The first-order chi connectivity index (χ1) is 21.0. The molecule has 7 N–H and O–H groups in total. The summed E-state index contributed by atoms with van der Waals surface area (Å²) < 4.78 is 0. The molecule has 5 rings (SSSR count). The molecule has 44 heavy (non-hydrogen) atoms. The van der Waals surface area contributed by atoms with E-state index in [1.165, 1.54) is 11.1 Å². The lowest BCUT2D eigenvalue weighted by Crippen LogP contribution is -2.32. The van der Waals surface area contributed by atoms with E-state index in [9.17, 15) is 9.59 Å². The number of nitrogens with two attached hydrogens (primary N) is 1. The molecule has 8 nitrogen and oxygen atoms in total. The number of fused-ring (bicyclic) bond motifs is 1. The molecular formula is C36H52N4O4. The van der Waals surface area contributed by atoms with E-state index in [-0.39, 0.29) is 12.8 Å². The molecule has 0 bridgehead atoms. The lowest BCUT2D eigenvalue weighted by Gasteiger charge is -2.15. The van der Waals surface area contributed by atoms with Crippen molar-refractivity contribution in [2.24, 2.45) is 5.73 Å². The Morgan fingerprint density at radius 2 is 1.61 bits per heavy atom. The Balaban J connectivity index is 0. The van der Waals surface area contributed by atoms with Crippen molar-refractivity contribution in [3.05, 3.63) is 112 Å². The van der Waals surface area contributed by atoms with Gasteiger partial charge in [-0.05, 0) is 72.9 Å². The average molecular weight is 605 g/mol. The second-order valence-corrected chi connectivity index (χ2v) is 9.37. The Bertz CT molecular complexity index is 1360. The molecule has 1 aliphatic heterocycles. The van der Waals surface area contributed by atoms with Gasteiger partial charge in [-0.3, -0.25) is 14.9 Å². The molecule has 1 atom stereocenters. The maximum Gasteiger partial charge on any atom is 0.251 e. The maximum absolute atomic E-state index is 11.7. The highest BCUT2D eigenvalue weighted by atomic mass is 16.2. The molecule has 1 unspecified atom stereocenters. The minimum absolute atomic E-state index is 0. The fourth-order valence-corrected chi connectivity index (χ4v) is 4.46. The number of aryl methyl sites for hydroxylation is 1. The van der Waals surface area contributed by atoms with Crippen LogP contribution < -0.4 is 21.7 Å². The van der Waals surface area contributed by atoms with Crippen molar-refractivity contribution in [3.8, 4) is 11.1 Å². The van der Waals surface area contributed by atoms with Gasteiger partial charge in [-0.2, -0.15) is 0 Å². The zero-order chi connectivity index (χ0) is 32.2. The minimum atomic E-state index is -0.0253. The zero-order valence-electron chi connectivity index (χ0n) is 27.0. The van der Waals surface area contributed by atoms with Gasteiger partial charge in [0.25, 0.3) is 5.91 Å². The fraction of sp³-hybridized carbons (Fsp3) is 0.306. The van der Waals surface area contributed by atoms with E-state index in [4.69, 9.17) is 10.5 Å². The third-order valence-corrected chi connectivity index (χ3v) is 6.54. The molecule has 3 aromatic rings. The highest BCUT2D eigenvalue weighted by Crippen LogP contribution is 2.27. The SMILES string of the molecule is C=O.CC.CC.CC1=CC(NCN)CC=C1.Cc1ccc(NCc2ccc(-c3ccc4c(c3)CNC4=O)cc2C=O)cc1.O.[HH]. The van der Waals surface area contributed by atoms with Crippen LogP contribution in [0.4, 0.5) is 5.69 Å². The second-order valence-electron chi connectivity index (χ2n) is 9.37. The van der Waals surface area contributed by atoms with Gasteiger partial charge >= 0.3 is 0 Å². The predicted octanol–water partition coefficient (Wildman–Crippen LogP) is 6.39. The maximum atomic E-state index is 11.7. The number of hydrogen-bond donors (Lipinski definition) is 4. The summed E-state index contributed by atoms with van der Waals surface area (Å²) in [5.41, 5.74) is 14.2. The molecule has 1 aliphatic carbocycles. The topological polar surface area (TPSA) is 145 Å². The van der Waals surface area contributed by atoms with Gasteiger partial charge in [0.1, 0.15) is 13.1 Å². The molecule has 1 heterocycles. The highest BCUT2D eigenvalue weighted by Gasteiger charge is 2.19. The van der Waals surface area contributed by atoms with Crippen molar-refractivity contribution in [1.82, 2.24) is 10.6 Å². The number of carbonyl (C=O) groups excluding carboxylic acids is 3. The van der Waals surface area contributed by atoms with Gasteiger partial charge in [0, 0.05) is 44.0 Å². The molecule has 0 spiro atoms. The van der Waals surface area contributed by atoms with E-state index >= 15 is 0 Å². The van der Waals surface area contributed by atoms with Crippen LogP contribution in [0.3, 0.4) is 0 Å². The summed E-state index contributed by atoms with van der Waals surface area (Å²) in [5.74, 6) is -0.0253. The number of anilines is 1. The van der Waals surface area contributed by atoms with E-state index in [2.05, 4.69) is 60.2 Å². The number of nitrogens with one attached hydrogen (secondary N) is 3. The highest BCUT2D eigenvalue weighted by molar-refractivity contribution is 5.99. The predicted molar refractivity (Wildman–Crippen MR) is 186 cm³/mol. The standard InChI is InChI=1S/C23H20N2O2.C8H14N2.2C2H6.CH2O.H2O.H2/c1-15-2-7-21(8-3-15)24-12-18-5-4-16(11-20(18)14-26)17-6-9-22-19(10-17)13-25-23(22)27;1-7-3-2-4-8(5-7)10-6-9;3*1-2;;/h2-11,14,24H,12-13H2,1H3,(H,25,27);2-3,5,8,10H,4,6,9H2,1H3;2*1-2H3;1H2;1H2;1H. The number of aldehydes is 1. The molecular weight excluding hydrogens is 552 g/mol. The van der Waals surface area contributed by atoms with E-state index in [0.717, 1.165) is 46.2 Å². The molecule has 0 aromatic heterocycles. The van der Waals surface area contributed by atoms with E-state index < -0.39 is 0 Å². The summed E-state index contributed by atoms with van der Waals surface area (Å²) in [6, 6.07) is 20.3. The fourth-order valence-electron chi connectivity index (χ4n) is 4.46. The summed E-state index contributed by atoms with van der Waals surface area (Å²) in [6.45, 7) is 15.8. The smallest absolute Gasteiger partial charge is 0.251 e. The van der Waals surface area contributed by atoms with Gasteiger partial charge < -0.3 is 26.6 Å². The summed E-state index contributed by atoms with van der Waals surface area (Å²) in [7, 11) is 0. The minimum Gasteiger partial charge on any atom is -0.412 e. The van der Waals surface area contributed by atoms with Gasteiger partial charge in [0.2, 0.25) is 0 Å². The van der Waals surface area contributed by atoms with Gasteiger partial charge in [-0.1, -0.05) is 87.4 Å². The van der Waals surface area contributed by atoms with Crippen molar-refractivity contribution < 1.29 is 21.3 Å². The third-order valence-electron chi connectivity index (χ3n) is 6.54. The lowest BCUT2D eigenvalue weighted by molar-refractivity contribution is -0.0980. The van der Waals surface area contributed by atoms with Crippen molar-refractivity contribution >= 4 is 24.7 Å². The van der Waals surface area contributed by atoms with E-state index in [1.807, 2.05) is 83.0 Å². The molecule has 2 aliphatic rings. The Morgan fingerprint density at radius 1 is 0.977 bits per heavy atom. The zero-order valence-corrected chi connectivity index (χ0v) is 27.0. The number of carbonyl (C=O) groups is 3. The first-order valence-corrected chi connectivity index (χ1v) is 14.8. The number of allylic oxidation sites excluding steroid dienone is 2. The van der Waals surface area contributed by atoms with Crippen LogP contribution in [0.25, 0.3) is 11.1 Å². The quantitative estimate of drug-likeness (QED) is 0.182. The molecule has 0 radical (unpaired) electrons. The molecule has 1 amide bonds. The average Bonchev–Trinajstić information content (AvgIpc) is 3.43. The number of benzene rings is 3. The molecule has 8 heteroatoms. The first kappa shape index (κ1) is 39.6. The molecule has 0 saturated carbocycles. The first-order valence-electron chi connectivity index (χ1n) is 14.8. The summed E-state index contributed by atoms with van der Waals surface area (Å²) in [5, 5.41) is 9.35. The van der Waals surface area contributed by atoms with Gasteiger partial charge in [-0.25, -0.2) is 0 Å².